The Bertz CT molecular complexity index is 412. The van der Waals surface area contributed by atoms with Crippen molar-refractivity contribution in [2.24, 2.45) is 4.99 Å². The molecule has 1 N–H and O–H groups in total. The Morgan fingerprint density at radius 1 is 1.29 bits per heavy atom. The van der Waals surface area contributed by atoms with Gasteiger partial charge in [0, 0.05) is 17.6 Å². The molecule has 0 aliphatic heterocycles. The van der Waals surface area contributed by atoms with Crippen LogP contribution in [-0.4, -0.2) is 23.5 Å². The van der Waals surface area contributed by atoms with Gasteiger partial charge in [0.1, 0.15) is 5.60 Å². The van der Waals surface area contributed by atoms with Crippen LogP contribution in [-0.2, 0) is 0 Å². The number of hydrogen-bond donors (Lipinski definition) is 1. The van der Waals surface area contributed by atoms with Crippen molar-refractivity contribution in [1.82, 2.24) is 0 Å². The lowest BCUT2D eigenvalue weighted by atomic mass is 9.90. The molecule has 4 heteroatoms. The maximum Gasteiger partial charge on any atom is 0.107 e. The van der Waals surface area contributed by atoms with Gasteiger partial charge in [-0.3, -0.25) is 4.99 Å². The van der Waals surface area contributed by atoms with E-state index < -0.39 is 5.60 Å². The van der Waals surface area contributed by atoms with Crippen molar-refractivity contribution in [3.63, 3.8) is 0 Å². The molecule has 1 aromatic rings. The predicted molar refractivity (Wildman–Crippen MR) is 74.6 cm³/mol. The minimum Gasteiger partial charge on any atom is -0.384 e. The number of hydrogen-bond acceptors (Lipinski definition) is 2. The molecular formula is C13H17Cl2NO. The highest BCUT2D eigenvalue weighted by Gasteiger charge is 2.37. The molecule has 0 aromatic heterocycles. The number of halogens is 2. The van der Waals surface area contributed by atoms with Crippen LogP contribution in [0.5, 0.6) is 0 Å². The van der Waals surface area contributed by atoms with Crippen LogP contribution in [0.15, 0.2) is 29.3 Å². The normalized spacial score (nSPS) is 18.9. The SMILES string of the molecule is CN=C(c1ccccc1Cl)C1(O)CCCC1.Cl. The van der Waals surface area contributed by atoms with Crippen LogP contribution in [0.3, 0.4) is 0 Å². The second-order valence-corrected chi connectivity index (χ2v) is 4.70. The van der Waals surface area contributed by atoms with E-state index in [-0.39, 0.29) is 12.4 Å². The van der Waals surface area contributed by atoms with E-state index in [0.29, 0.717) is 5.02 Å². The molecule has 0 saturated heterocycles. The standard InChI is InChI=1S/C13H16ClNO.ClH/c1-15-12(13(16)8-4-5-9-13)10-6-2-3-7-11(10)14;/h2-3,6-7,16H,4-5,8-9H2,1H3;1H. The molecule has 0 unspecified atom stereocenters. The summed E-state index contributed by atoms with van der Waals surface area (Å²) in [5, 5.41) is 11.2. The van der Waals surface area contributed by atoms with Gasteiger partial charge in [-0.05, 0) is 18.9 Å². The summed E-state index contributed by atoms with van der Waals surface area (Å²) in [5.41, 5.74) is 0.811. The predicted octanol–water partition coefficient (Wildman–Crippen LogP) is 3.49. The van der Waals surface area contributed by atoms with Gasteiger partial charge in [0.2, 0.25) is 0 Å². The fraction of sp³-hybridized carbons (Fsp3) is 0.462. The van der Waals surface area contributed by atoms with E-state index in [1.165, 1.54) is 0 Å². The molecule has 1 saturated carbocycles. The van der Waals surface area contributed by atoms with Crippen LogP contribution in [0.1, 0.15) is 31.2 Å². The van der Waals surface area contributed by atoms with Gasteiger partial charge in [0.05, 0.1) is 5.71 Å². The molecule has 1 fully saturated rings. The van der Waals surface area contributed by atoms with Crippen molar-refractivity contribution < 1.29 is 5.11 Å². The first-order valence-electron chi connectivity index (χ1n) is 5.62. The Balaban J connectivity index is 0.00000144. The number of aliphatic imine (C=N–C) groups is 1. The Morgan fingerprint density at radius 2 is 1.88 bits per heavy atom. The van der Waals surface area contributed by atoms with E-state index in [9.17, 15) is 5.11 Å². The summed E-state index contributed by atoms with van der Waals surface area (Å²) in [7, 11) is 1.72. The summed E-state index contributed by atoms with van der Waals surface area (Å²) >= 11 is 6.15. The first-order valence-corrected chi connectivity index (χ1v) is 6.00. The molecule has 2 rings (SSSR count). The van der Waals surface area contributed by atoms with Crippen LogP contribution < -0.4 is 0 Å². The molecule has 0 radical (unpaired) electrons. The number of nitrogens with zero attached hydrogens (tertiary/aromatic N) is 1. The Kier molecular flexibility index (Phi) is 4.99. The maximum atomic E-state index is 10.5. The van der Waals surface area contributed by atoms with E-state index in [0.717, 1.165) is 37.0 Å². The molecule has 2 nitrogen and oxygen atoms in total. The lowest BCUT2D eigenvalue weighted by molar-refractivity contribution is 0.121. The topological polar surface area (TPSA) is 32.6 Å². The van der Waals surface area contributed by atoms with Crippen LogP contribution in [0.2, 0.25) is 5.02 Å². The molecule has 0 spiro atoms. The minimum absolute atomic E-state index is 0. The van der Waals surface area contributed by atoms with Crippen molar-refractivity contribution in [2.75, 3.05) is 7.05 Å². The number of aliphatic hydroxyl groups is 1. The first kappa shape index (κ1) is 14.5. The Hall–Kier alpha value is -0.570. The lowest BCUT2D eigenvalue weighted by Crippen LogP contribution is -2.36. The third-order valence-electron chi connectivity index (χ3n) is 3.22. The van der Waals surface area contributed by atoms with E-state index in [2.05, 4.69) is 4.99 Å². The summed E-state index contributed by atoms with van der Waals surface area (Å²) in [4.78, 5) is 4.26. The van der Waals surface area contributed by atoms with Gasteiger partial charge in [0.15, 0.2) is 0 Å². The van der Waals surface area contributed by atoms with E-state index in [1.54, 1.807) is 7.05 Å². The van der Waals surface area contributed by atoms with Gasteiger partial charge in [0.25, 0.3) is 0 Å². The van der Waals surface area contributed by atoms with Crippen molar-refractivity contribution in [3.8, 4) is 0 Å². The number of benzene rings is 1. The fourth-order valence-electron chi connectivity index (χ4n) is 2.43. The van der Waals surface area contributed by atoms with Crippen molar-refractivity contribution in [3.05, 3.63) is 34.9 Å². The average Bonchev–Trinajstić information content (AvgIpc) is 2.70. The zero-order chi connectivity index (χ0) is 11.6. The molecule has 0 heterocycles. The molecule has 0 atom stereocenters. The zero-order valence-corrected chi connectivity index (χ0v) is 11.4. The van der Waals surface area contributed by atoms with Gasteiger partial charge >= 0.3 is 0 Å². The number of rotatable bonds is 2. The second kappa shape index (κ2) is 5.85. The van der Waals surface area contributed by atoms with E-state index in [4.69, 9.17) is 11.6 Å². The quantitative estimate of drug-likeness (QED) is 0.823. The highest BCUT2D eigenvalue weighted by atomic mass is 35.5. The smallest absolute Gasteiger partial charge is 0.107 e. The van der Waals surface area contributed by atoms with E-state index >= 15 is 0 Å². The molecule has 17 heavy (non-hydrogen) atoms. The highest BCUT2D eigenvalue weighted by Crippen LogP contribution is 2.34. The van der Waals surface area contributed by atoms with Crippen LogP contribution >= 0.6 is 24.0 Å². The van der Waals surface area contributed by atoms with Gasteiger partial charge in [-0.15, -0.1) is 12.4 Å². The van der Waals surface area contributed by atoms with Crippen molar-refractivity contribution >= 4 is 29.7 Å². The molecular weight excluding hydrogens is 257 g/mol. The minimum atomic E-state index is -0.778. The average molecular weight is 274 g/mol. The Morgan fingerprint density at radius 3 is 2.41 bits per heavy atom. The molecule has 1 aliphatic rings. The van der Waals surface area contributed by atoms with Gasteiger partial charge < -0.3 is 5.11 Å². The third-order valence-corrected chi connectivity index (χ3v) is 3.55. The maximum absolute atomic E-state index is 10.5. The first-order chi connectivity index (χ1) is 7.67. The zero-order valence-electron chi connectivity index (χ0n) is 9.82. The largest absolute Gasteiger partial charge is 0.384 e. The summed E-state index contributed by atoms with van der Waals surface area (Å²) in [6, 6.07) is 7.56. The van der Waals surface area contributed by atoms with Gasteiger partial charge in [-0.1, -0.05) is 42.6 Å². The van der Waals surface area contributed by atoms with Crippen LogP contribution in [0, 0.1) is 0 Å². The van der Waals surface area contributed by atoms with Gasteiger partial charge in [-0.2, -0.15) is 0 Å². The van der Waals surface area contributed by atoms with E-state index in [1.807, 2.05) is 24.3 Å². The Labute approximate surface area is 113 Å². The second-order valence-electron chi connectivity index (χ2n) is 4.29. The molecule has 0 amide bonds. The highest BCUT2D eigenvalue weighted by molar-refractivity contribution is 6.34. The molecule has 1 aliphatic carbocycles. The summed E-state index contributed by atoms with van der Waals surface area (Å²) in [5.74, 6) is 0. The summed E-state index contributed by atoms with van der Waals surface area (Å²) in [6.07, 6.45) is 3.68. The lowest BCUT2D eigenvalue weighted by Gasteiger charge is -2.25. The summed E-state index contributed by atoms with van der Waals surface area (Å²) in [6.45, 7) is 0. The fourth-order valence-corrected chi connectivity index (χ4v) is 2.65. The van der Waals surface area contributed by atoms with Crippen molar-refractivity contribution in [1.29, 1.82) is 0 Å². The molecule has 0 bridgehead atoms. The van der Waals surface area contributed by atoms with Crippen LogP contribution in [0.25, 0.3) is 0 Å². The van der Waals surface area contributed by atoms with Gasteiger partial charge in [-0.25, -0.2) is 0 Å². The molecule has 1 aromatic carbocycles. The molecule has 94 valence electrons. The monoisotopic (exact) mass is 273 g/mol. The third kappa shape index (κ3) is 2.82. The van der Waals surface area contributed by atoms with Crippen LogP contribution in [0.4, 0.5) is 0 Å². The summed E-state index contributed by atoms with van der Waals surface area (Å²) < 4.78 is 0. The van der Waals surface area contributed by atoms with Crippen molar-refractivity contribution in [2.45, 2.75) is 31.3 Å².